The van der Waals surface area contributed by atoms with Crippen LogP contribution in [-0.4, -0.2) is 126 Å². The van der Waals surface area contributed by atoms with Crippen LogP contribution in [0.2, 0.25) is 0 Å². The van der Waals surface area contributed by atoms with E-state index in [2.05, 4.69) is 16.0 Å². The number of nitrogens with one attached hydrogen (secondary N) is 3. The van der Waals surface area contributed by atoms with Gasteiger partial charge in [0.25, 0.3) is 11.8 Å². The molecule has 7 amide bonds. The molecule has 2 heterocycles. The number of amides is 7. The molecule has 2 aliphatic rings. The fourth-order valence-corrected chi connectivity index (χ4v) is 6.31. The fraction of sp³-hybridized carbons (Fsp3) is 0.571. The van der Waals surface area contributed by atoms with Crippen LogP contribution in [-0.2, 0) is 45.2 Å². The van der Waals surface area contributed by atoms with Gasteiger partial charge in [-0.15, -0.1) is 0 Å². The Labute approximate surface area is 309 Å². The molecule has 0 radical (unpaired) electrons. The fourth-order valence-electron chi connectivity index (χ4n) is 5.76. The predicted molar refractivity (Wildman–Crippen MR) is 193 cm³/mol. The summed E-state index contributed by atoms with van der Waals surface area (Å²) in [5.41, 5.74) is 1.05. The highest BCUT2D eigenvalue weighted by molar-refractivity contribution is 7.90. The first-order chi connectivity index (χ1) is 24.9. The number of hydrogen-bond donors (Lipinski definition) is 4. The van der Waals surface area contributed by atoms with E-state index in [9.17, 15) is 47.1 Å². The topological polar surface area (TPSA) is 229 Å². The number of nitrogens with zero attached hydrogens (tertiary/aromatic N) is 3. The van der Waals surface area contributed by atoms with Gasteiger partial charge in [-0.3, -0.25) is 28.9 Å². The molecule has 18 heteroatoms. The van der Waals surface area contributed by atoms with Gasteiger partial charge >= 0.3 is 12.2 Å². The predicted octanol–water partition coefficient (Wildman–Crippen LogP) is 1.88. The van der Waals surface area contributed by atoms with Gasteiger partial charge < -0.3 is 35.6 Å². The molecule has 4 N–H and O–H groups in total. The first-order valence-electron chi connectivity index (χ1n) is 17.6. The monoisotopic (exact) mass is 762 g/mol. The Morgan fingerprint density at radius 2 is 1.62 bits per heavy atom. The molecule has 1 saturated heterocycles. The number of ether oxygens (including phenoxy) is 1. The van der Waals surface area contributed by atoms with Crippen LogP contribution in [0.3, 0.4) is 0 Å². The van der Waals surface area contributed by atoms with Crippen molar-refractivity contribution in [3.63, 3.8) is 0 Å². The van der Waals surface area contributed by atoms with E-state index in [4.69, 9.17) is 4.74 Å². The molecule has 53 heavy (non-hydrogen) atoms. The van der Waals surface area contributed by atoms with Gasteiger partial charge in [0.15, 0.2) is 0 Å². The van der Waals surface area contributed by atoms with Gasteiger partial charge in [-0.25, -0.2) is 18.0 Å². The largest absolute Gasteiger partial charge is 0.465 e. The van der Waals surface area contributed by atoms with Gasteiger partial charge in [0.05, 0.1) is 11.8 Å². The highest BCUT2D eigenvalue weighted by Gasteiger charge is 2.33. The third kappa shape index (κ3) is 13.8. The third-order valence-electron chi connectivity index (χ3n) is 8.83. The number of hydrogen-bond acceptors (Lipinski definition) is 10. The molecule has 3 unspecified atom stereocenters. The zero-order valence-corrected chi connectivity index (χ0v) is 31.4. The number of carbonyl (C=O) groups is 7. The molecule has 17 nitrogen and oxygen atoms in total. The summed E-state index contributed by atoms with van der Waals surface area (Å²) in [7, 11) is -3.37. The number of carbonyl (C=O) groups excluding carboxylic acids is 6. The molecule has 292 valence electrons. The van der Waals surface area contributed by atoms with Crippen LogP contribution in [0.1, 0.15) is 64.9 Å². The first kappa shape index (κ1) is 42.4. The quantitative estimate of drug-likeness (QED) is 0.118. The van der Waals surface area contributed by atoms with Crippen molar-refractivity contribution >= 4 is 57.2 Å². The minimum Gasteiger partial charge on any atom is -0.465 e. The molecule has 0 saturated carbocycles. The van der Waals surface area contributed by atoms with E-state index < -0.39 is 52.0 Å². The second-order valence-corrected chi connectivity index (χ2v) is 15.8. The summed E-state index contributed by atoms with van der Waals surface area (Å²) in [6.45, 7) is 5.39. The van der Waals surface area contributed by atoms with Crippen LogP contribution in [0.4, 0.5) is 15.3 Å². The second kappa shape index (κ2) is 19.7. The molecule has 2 aliphatic heterocycles. The zero-order valence-electron chi connectivity index (χ0n) is 30.5. The van der Waals surface area contributed by atoms with Crippen LogP contribution in [0.25, 0.3) is 0 Å². The standard InChI is InChI=1S/C35H50N6O11S/c1-23(2)31(38-28(42)10-6-5-7-17-41-29(43)15-16-30(41)44)33(46)36-24(3)32(45)37-26-13-11-25(12-14-26)22-52-35(49)40-18-8-9-27(40)21-39(34(47)48)19-20-53(4,50)51/h11-16,23-24,27,31H,5-10,17-22H2,1-4H3,(H,36,46)(H,37,45)(H,38,42)(H,47,48). The molecular formula is C35H50N6O11S. The summed E-state index contributed by atoms with van der Waals surface area (Å²) >= 11 is 0. The van der Waals surface area contributed by atoms with E-state index in [1.807, 2.05) is 0 Å². The molecule has 1 fully saturated rings. The maximum atomic E-state index is 13.0. The van der Waals surface area contributed by atoms with Crippen LogP contribution in [0.5, 0.6) is 0 Å². The van der Waals surface area contributed by atoms with Crippen molar-refractivity contribution in [1.29, 1.82) is 0 Å². The lowest BCUT2D eigenvalue weighted by atomic mass is 10.0. The molecule has 3 atom stereocenters. The number of rotatable bonds is 19. The van der Waals surface area contributed by atoms with Crippen molar-refractivity contribution < 1.29 is 51.8 Å². The number of carboxylic acid groups (broad SMARTS) is 1. The number of anilines is 1. The molecular weight excluding hydrogens is 712 g/mol. The Balaban J connectivity index is 1.41. The van der Waals surface area contributed by atoms with Crippen molar-refractivity contribution in [1.82, 2.24) is 25.3 Å². The molecule has 3 rings (SSSR count). The molecule has 0 aromatic heterocycles. The summed E-state index contributed by atoms with van der Waals surface area (Å²) < 4.78 is 28.5. The average molecular weight is 763 g/mol. The Bertz CT molecular complexity index is 1630. The number of benzene rings is 1. The smallest absolute Gasteiger partial charge is 0.410 e. The van der Waals surface area contributed by atoms with Crippen molar-refractivity contribution in [3.8, 4) is 0 Å². The van der Waals surface area contributed by atoms with Gasteiger partial charge in [-0.1, -0.05) is 32.4 Å². The highest BCUT2D eigenvalue weighted by atomic mass is 32.2. The number of likely N-dealkylation sites (tertiary alicyclic amines) is 1. The summed E-state index contributed by atoms with van der Waals surface area (Å²) in [5.74, 6) is -2.62. The number of sulfone groups is 1. The van der Waals surface area contributed by atoms with Crippen molar-refractivity contribution in [2.24, 2.45) is 5.92 Å². The number of unbranched alkanes of at least 4 members (excludes halogenated alkanes) is 2. The first-order valence-corrected chi connectivity index (χ1v) is 19.6. The molecule has 0 aliphatic carbocycles. The van der Waals surface area contributed by atoms with Crippen LogP contribution in [0.15, 0.2) is 36.4 Å². The van der Waals surface area contributed by atoms with Crippen LogP contribution >= 0.6 is 0 Å². The van der Waals surface area contributed by atoms with Crippen molar-refractivity contribution in [3.05, 3.63) is 42.0 Å². The lowest BCUT2D eigenvalue weighted by Gasteiger charge is -2.28. The minimum absolute atomic E-state index is 0.0331. The molecule has 0 spiro atoms. The zero-order chi connectivity index (χ0) is 39.3. The summed E-state index contributed by atoms with van der Waals surface area (Å²) in [6.07, 6.45) is 4.60. The highest BCUT2D eigenvalue weighted by Crippen LogP contribution is 2.21. The normalized spacial score (nSPS) is 16.7. The maximum Gasteiger partial charge on any atom is 0.410 e. The van der Waals surface area contributed by atoms with Gasteiger partial charge in [0.2, 0.25) is 17.7 Å². The maximum absolute atomic E-state index is 13.0. The van der Waals surface area contributed by atoms with E-state index in [1.54, 1.807) is 38.1 Å². The van der Waals surface area contributed by atoms with Gasteiger partial charge in [-0.05, 0) is 56.2 Å². The third-order valence-corrected chi connectivity index (χ3v) is 9.76. The van der Waals surface area contributed by atoms with E-state index >= 15 is 0 Å². The summed E-state index contributed by atoms with van der Waals surface area (Å²) in [6, 6.07) is 4.25. The average Bonchev–Trinajstić information content (AvgIpc) is 3.69. The van der Waals surface area contributed by atoms with Gasteiger partial charge in [-0.2, -0.15) is 0 Å². The van der Waals surface area contributed by atoms with Gasteiger partial charge in [0.1, 0.15) is 28.5 Å². The Kier molecular flexibility index (Phi) is 15.8. The van der Waals surface area contributed by atoms with Crippen molar-refractivity contribution in [2.45, 2.75) is 84.0 Å². The Morgan fingerprint density at radius 3 is 2.23 bits per heavy atom. The summed E-state index contributed by atoms with van der Waals surface area (Å²) in [5, 5.41) is 17.6. The minimum atomic E-state index is -3.37. The van der Waals surface area contributed by atoms with Crippen LogP contribution < -0.4 is 16.0 Å². The van der Waals surface area contributed by atoms with E-state index in [0.717, 1.165) is 16.1 Å². The molecule has 0 bridgehead atoms. The van der Waals surface area contributed by atoms with Gasteiger partial charge in [0, 0.05) is 56.7 Å². The Morgan fingerprint density at radius 1 is 0.962 bits per heavy atom. The van der Waals surface area contributed by atoms with E-state index in [-0.39, 0.29) is 62.1 Å². The lowest BCUT2D eigenvalue weighted by Crippen LogP contribution is -2.53. The lowest BCUT2D eigenvalue weighted by molar-refractivity contribution is -0.137. The molecule has 1 aromatic carbocycles. The van der Waals surface area contributed by atoms with Crippen LogP contribution in [0, 0.1) is 5.92 Å². The Hall–Kier alpha value is -5.00. The van der Waals surface area contributed by atoms with Crippen molar-refractivity contribution in [2.75, 3.05) is 43.5 Å². The van der Waals surface area contributed by atoms with E-state index in [1.165, 1.54) is 24.0 Å². The van der Waals surface area contributed by atoms with E-state index in [0.29, 0.717) is 49.9 Å². The second-order valence-electron chi connectivity index (χ2n) is 13.6. The SMILES string of the molecule is CC(NC(=O)C(NC(=O)CCCCCN1C(=O)C=CC1=O)C(C)C)C(=O)Nc1ccc(COC(=O)N2CCCC2CN(CCS(C)(=O)=O)C(=O)O)cc1. The summed E-state index contributed by atoms with van der Waals surface area (Å²) in [4.78, 5) is 89.9. The number of imide groups is 1. The molecule has 1 aromatic rings.